The maximum Gasteiger partial charge on any atom is 0.322 e. The van der Waals surface area contributed by atoms with Crippen LogP contribution in [0.1, 0.15) is 24.2 Å². The van der Waals surface area contributed by atoms with E-state index in [-0.39, 0.29) is 12.3 Å². The Kier molecular flexibility index (Phi) is 5.05. The third-order valence-corrected chi connectivity index (χ3v) is 2.56. The topological polar surface area (TPSA) is 92.5 Å². The van der Waals surface area contributed by atoms with Gasteiger partial charge in [0.2, 0.25) is 5.91 Å². The number of rotatable bonds is 5. The van der Waals surface area contributed by atoms with Gasteiger partial charge in [0.1, 0.15) is 6.54 Å². The highest BCUT2D eigenvalue weighted by Crippen LogP contribution is 2.10. The van der Waals surface area contributed by atoms with Crippen LogP contribution >= 0.6 is 0 Å². The number of nitrogens with zero attached hydrogens (tertiary/aromatic N) is 1. The number of carbonyl (C=O) groups is 3. The monoisotopic (exact) mass is 263 g/mol. The molecule has 6 heteroatoms. The summed E-state index contributed by atoms with van der Waals surface area (Å²) < 4.78 is 0. The van der Waals surface area contributed by atoms with Crippen molar-refractivity contribution < 1.29 is 14.4 Å². The Bertz CT molecular complexity index is 482. The van der Waals surface area contributed by atoms with E-state index in [1.54, 1.807) is 31.2 Å². The number of hydrogen-bond donors (Lipinski definition) is 2. The zero-order valence-corrected chi connectivity index (χ0v) is 11.0. The summed E-state index contributed by atoms with van der Waals surface area (Å²) in [6.07, 6.45) is 0. The minimum atomic E-state index is -0.566. The van der Waals surface area contributed by atoms with E-state index in [2.05, 4.69) is 5.32 Å². The number of benzene rings is 1. The molecule has 6 nitrogen and oxygen atoms in total. The summed E-state index contributed by atoms with van der Waals surface area (Å²) in [5.41, 5.74) is 6.18. The van der Waals surface area contributed by atoms with Gasteiger partial charge in [0, 0.05) is 17.8 Å². The Morgan fingerprint density at radius 2 is 1.79 bits per heavy atom. The summed E-state index contributed by atoms with van der Waals surface area (Å²) in [7, 11) is 0. The first-order valence-corrected chi connectivity index (χ1v) is 5.89. The molecule has 0 aromatic heterocycles. The van der Waals surface area contributed by atoms with Gasteiger partial charge in [0.25, 0.3) is 0 Å². The fourth-order valence-corrected chi connectivity index (χ4v) is 1.51. The minimum Gasteiger partial charge on any atom is -0.368 e. The quantitative estimate of drug-likeness (QED) is 0.782. The lowest BCUT2D eigenvalue weighted by Crippen LogP contribution is -2.40. The first-order chi connectivity index (χ1) is 8.93. The van der Waals surface area contributed by atoms with Crippen LogP contribution in [0.4, 0.5) is 10.5 Å². The molecule has 0 saturated carbocycles. The normalized spacial score (nSPS) is 9.79. The van der Waals surface area contributed by atoms with Crippen molar-refractivity contribution in [1.82, 2.24) is 4.90 Å². The highest BCUT2D eigenvalue weighted by Gasteiger charge is 2.13. The van der Waals surface area contributed by atoms with Crippen molar-refractivity contribution in [2.24, 2.45) is 5.73 Å². The Balaban J connectivity index is 2.70. The van der Waals surface area contributed by atoms with Crippen molar-refractivity contribution in [3.8, 4) is 0 Å². The molecule has 0 fully saturated rings. The molecule has 0 spiro atoms. The van der Waals surface area contributed by atoms with Crippen molar-refractivity contribution in [3.05, 3.63) is 29.8 Å². The number of nitrogens with one attached hydrogen (secondary N) is 1. The van der Waals surface area contributed by atoms with Crippen molar-refractivity contribution in [1.29, 1.82) is 0 Å². The highest BCUT2D eigenvalue weighted by atomic mass is 16.2. The van der Waals surface area contributed by atoms with Crippen LogP contribution in [0.15, 0.2) is 24.3 Å². The Hall–Kier alpha value is -2.37. The van der Waals surface area contributed by atoms with Gasteiger partial charge in [0.05, 0.1) is 0 Å². The molecule has 0 heterocycles. The Labute approximate surface area is 111 Å². The number of ketones is 1. The number of urea groups is 1. The van der Waals surface area contributed by atoms with E-state index in [1.165, 1.54) is 11.8 Å². The molecule has 3 amide bonds. The summed E-state index contributed by atoms with van der Waals surface area (Å²) >= 11 is 0. The highest BCUT2D eigenvalue weighted by molar-refractivity contribution is 5.95. The molecule has 0 saturated heterocycles. The molecule has 102 valence electrons. The van der Waals surface area contributed by atoms with Gasteiger partial charge in [-0.2, -0.15) is 0 Å². The van der Waals surface area contributed by atoms with Crippen LogP contribution in [0.2, 0.25) is 0 Å². The molecule has 0 aliphatic heterocycles. The molecule has 19 heavy (non-hydrogen) atoms. The second-order valence-corrected chi connectivity index (χ2v) is 4.04. The summed E-state index contributed by atoms with van der Waals surface area (Å²) in [5.74, 6) is -0.606. The maximum atomic E-state index is 11.8. The van der Waals surface area contributed by atoms with E-state index in [0.29, 0.717) is 17.8 Å². The number of anilines is 1. The lowest BCUT2D eigenvalue weighted by molar-refractivity contribution is -0.118. The smallest absolute Gasteiger partial charge is 0.322 e. The lowest BCUT2D eigenvalue weighted by atomic mass is 10.1. The summed E-state index contributed by atoms with van der Waals surface area (Å²) in [5, 5.41) is 2.63. The molecule has 1 aromatic rings. The van der Waals surface area contributed by atoms with Crippen LogP contribution < -0.4 is 11.1 Å². The van der Waals surface area contributed by atoms with Gasteiger partial charge in [-0.25, -0.2) is 4.79 Å². The van der Waals surface area contributed by atoms with Gasteiger partial charge in [-0.05, 0) is 38.1 Å². The van der Waals surface area contributed by atoms with E-state index < -0.39 is 11.9 Å². The fourth-order valence-electron chi connectivity index (χ4n) is 1.51. The Morgan fingerprint density at radius 3 is 2.21 bits per heavy atom. The van der Waals surface area contributed by atoms with Crippen LogP contribution in [0, 0.1) is 0 Å². The largest absolute Gasteiger partial charge is 0.368 e. The van der Waals surface area contributed by atoms with Gasteiger partial charge in [-0.1, -0.05) is 0 Å². The molecule has 0 bridgehead atoms. The van der Waals surface area contributed by atoms with E-state index in [0.717, 1.165) is 0 Å². The molecule has 0 atom stereocenters. The predicted molar refractivity (Wildman–Crippen MR) is 71.9 cm³/mol. The number of carbonyl (C=O) groups excluding carboxylic acids is 3. The van der Waals surface area contributed by atoms with Gasteiger partial charge in [-0.3, -0.25) is 9.59 Å². The van der Waals surface area contributed by atoms with E-state index in [1.807, 2.05) is 0 Å². The van der Waals surface area contributed by atoms with Crippen LogP contribution in [0.5, 0.6) is 0 Å². The molecule has 0 aliphatic rings. The SMILES string of the molecule is CCN(CC(N)=O)C(=O)Nc1ccc(C(C)=O)cc1. The van der Waals surface area contributed by atoms with Gasteiger partial charge >= 0.3 is 6.03 Å². The van der Waals surface area contributed by atoms with Crippen LogP contribution in [0.25, 0.3) is 0 Å². The first-order valence-electron chi connectivity index (χ1n) is 5.89. The summed E-state index contributed by atoms with van der Waals surface area (Å²) in [6.45, 7) is 3.47. The third-order valence-electron chi connectivity index (χ3n) is 2.56. The molecule has 0 aliphatic carbocycles. The number of amides is 3. The second kappa shape index (κ2) is 6.53. The average Bonchev–Trinajstić information content (AvgIpc) is 2.36. The molecule has 3 N–H and O–H groups in total. The minimum absolute atomic E-state index is 0.0400. The van der Waals surface area contributed by atoms with Gasteiger partial charge in [-0.15, -0.1) is 0 Å². The number of hydrogen-bond acceptors (Lipinski definition) is 3. The number of likely N-dealkylation sites (N-methyl/N-ethyl adjacent to an activating group) is 1. The van der Waals surface area contributed by atoms with E-state index >= 15 is 0 Å². The summed E-state index contributed by atoms with van der Waals surface area (Å²) in [4.78, 5) is 35.0. The first kappa shape index (κ1) is 14.7. The number of Topliss-reactive ketones (excluding diaryl/α,β-unsaturated/α-hetero) is 1. The maximum absolute atomic E-state index is 11.8. The van der Waals surface area contributed by atoms with Crippen molar-refractivity contribution in [2.75, 3.05) is 18.4 Å². The molecule has 0 unspecified atom stereocenters. The van der Waals surface area contributed by atoms with Gasteiger partial charge < -0.3 is 16.0 Å². The molecule has 1 rings (SSSR count). The zero-order valence-electron chi connectivity index (χ0n) is 11.0. The fraction of sp³-hybridized carbons (Fsp3) is 0.308. The molecule has 1 aromatic carbocycles. The van der Waals surface area contributed by atoms with Crippen molar-refractivity contribution in [2.45, 2.75) is 13.8 Å². The van der Waals surface area contributed by atoms with Gasteiger partial charge in [0.15, 0.2) is 5.78 Å². The average molecular weight is 263 g/mol. The second-order valence-electron chi connectivity index (χ2n) is 4.04. The number of primary amides is 1. The molecule has 0 radical (unpaired) electrons. The van der Waals surface area contributed by atoms with Crippen molar-refractivity contribution >= 4 is 23.4 Å². The zero-order chi connectivity index (χ0) is 14.4. The van der Waals surface area contributed by atoms with Crippen LogP contribution in [0.3, 0.4) is 0 Å². The number of nitrogens with two attached hydrogens (primary N) is 1. The predicted octanol–water partition coefficient (Wildman–Crippen LogP) is 1.23. The van der Waals surface area contributed by atoms with Crippen LogP contribution in [-0.4, -0.2) is 35.7 Å². The van der Waals surface area contributed by atoms with E-state index in [4.69, 9.17) is 5.73 Å². The standard InChI is InChI=1S/C13H17N3O3/c1-3-16(8-12(14)18)13(19)15-11-6-4-10(5-7-11)9(2)17/h4-7H,3,8H2,1-2H3,(H2,14,18)(H,15,19). The van der Waals surface area contributed by atoms with Crippen molar-refractivity contribution in [3.63, 3.8) is 0 Å². The summed E-state index contributed by atoms with van der Waals surface area (Å²) in [6, 6.07) is 6.11. The van der Waals surface area contributed by atoms with E-state index in [9.17, 15) is 14.4 Å². The molecular formula is C13H17N3O3. The van der Waals surface area contributed by atoms with Crippen LogP contribution in [-0.2, 0) is 4.79 Å². The Morgan fingerprint density at radius 1 is 1.21 bits per heavy atom. The third kappa shape index (κ3) is 4.42. The lowest BCUT2D eigenvalue weighted by Gasteiger charge is -2.19. The molecular weight excluding hydrogens is 246 g/mol.